The van der Waals surface area contributed by atoms with E-state index in [9.17, 15) is 9.59 Å². The van der Waals surface area contributed by atoms with Crippen LogP contribution in [-0.4, -0.2) is 23.7 Å². The van der Waals surface area contributed by atoms with Gasteiger partial charge in [-0.3, -0.25) is 9.59 Å². The number of ether oxygens (including phenoxy) is 2. The van der Waals surface area contributed by atoms with Crippen molar-refractivity contribution < 1.29 is 24.2 Å². The summed E-state index contributed by atoms with van der Waals surface area (Å²) in [6.45, 7) is 2.45. The molecule has 0 spiro atoms. The van der Waals surface area contributed by atoms with Crippen molar-refractivity contribution in [3.8, 4) is 5.75 Å². The normalized spacial score (nSPS) is 22.6. The minimum atomic E-state index is -1.01. The monoisotopic (exact) mass is 250 g/mol. The van der Waals surface area contributed by atoms with Crippen molar-refractivity contribution in [2.75, 3.05) is 6.61 Å². The van der Waals surface area contributed by atoms with Crippen molar-refractivity contribution in [3.63, 3.8) is 0 Å². The minimum Gasteiger partial charge on any atom is -0.494 e. The van der Waals surface area contributed by atoms with E-state index in [2.05, 4.69) is 0 Å². The Labute approximate surface area is 104 Å². The Hall–Kier alpha value is -2.04. The van der Waals surface area contributed by atoms with E-state index >= 15 is 0 Å². The van der Waals surface area contributed by atoms with Crippen molar-refractivity contribution in [2.45, 2.75) is 19.4 Å². The number of aliphatic carboxylic acids is 1. The highest BCUT2D eigenvalue weighted by atomic mass is 16.6. The molecule has 1 aliphatic heterocycles. The number of carboxylic acid groups (broad SMARTS) is 1. The lowest BCUT2D eigenvalue weighted by Gasteiger charge is -2.14. The quantitative estimate of drug-likeness (QED) is 0.824. The summed E-state index contributed by atoms with van der Waals surface area (Å²) in [6.07, 6.45) is -0.779. The fourth-order valence-corrected chi connectivity index (χ4v) is 2.00. The van der Waals surface area contributed by atoms with E-state index in [4.69, 9.17) is 14.6 Å². The van der Waals surface area contributed by atoms with Gasteiger partial charge in [0, 0.05) is 0 Å². The zero-order valence-electron chi connectivity index (χ0n) is 9.96. The lowest BCUT2D eigenvalue weighted by Crippen LogP contribution is -2.17. The van der Waals surface area contributed by atoms with Crippen LogP contribution >= 0.6 is 0 Å². The molecule has 1 aromatic rings. The molecule has 0 unspecified atom stereocenters. The Morgan fingerprint density at radius 2 is 2.11 bits per heavy atom. The van der Waals surface area contributed by atoms with Crippen LogP contribution in [0.15, 0.2) is 24.3 Å². The van der Waals surface area contributed by atoms with Crippen molar-refractivity contribution in [2.24, 2.45) is 5.92 Å². The first-order chi connectivity index (χ1) is 8.61. The first kappa shape index (κ1) is 12.4. The molecule has 5 nitrogen and oxygen atoms in total. The molecule has 1 aromatic carbocycles. The van der Waals surface area contributed by atoms with Gasteiger partial charge in [0.1, 0.15) is 17.8 Å². The van der Waals surface area contributed by atoms with Gasteiger partial charge in [0.05, 0.1) is 13.0 Å². The van der Waals surface area contributed by atoms with Gasteiger partial charge in [-0.05, 0) is 24.6 Å². The van der Waals surface area contributed by atoms with Gasteiger partial charge < -0.3 is 14.6 Å². The van der Waals surface area contributed by atoms with Gasteiger partial charge in [0.15, 0.2) is 0 Å². The van der Waals surface area contributed by atoms with Crippen LogP contribution in [0.2, 0.25) is 0 Å². The molecule has 0 bridgehead atoms. The summed E-state index contributed by atoms with van der Waals surface area (Å²) in [5, 5.41) is 9.04. The second kappa shape index (κ2) is 5.08. The Kier molecular flexibility index (Phi) is 3.50. The third-order valence-electron chi connectivity index (χ3n) is 2.85. The minimum absolute atomic E-state index is 0.0762. The molecule has 18 heavy (non-hydrogen) atoms. The molecule has 0 amide bonds. The van der Waals surface area contributed by atoms with E-state index in [-0.39, 0.29) is 6.42 Å². The maximum Gasteiger partial charge on any atom is 0.311 e. The summed E-state index contributed by atoms with van der Waals surface area (Å²) < 4.78 is 10.4. The molecule has 2 atom stereocenters. The van der Waals surface area contributed by atoms with Crippen LogP contribution in [0.5, 0.6) is 5.75 Å². The molecule has 1 saturated heterocycles. The lowest BCUT2D eigenvalue weighted by molar-refractivity contribution is -0.144. The number of carbonyl (C=O) groups excluding carboxylic acids is 1. The molecular formula is C13H14O5. The fraction of sp³-hybridized carbons (Fsp3) is 0.385. The first-order valence-corrected chi connectivity index (χ1v) is 5.77. The molecule has 96 valence electrons. The van der Waals surface area contributed by atoms with E-state index in [0.29, 0.717) is 17.9 Å². The van der Waals surface area contributed by atoms with Gasteiger partial charge in [-0.1, -0.05) is 12.1 Å². The number of hydrogen-bond donors (Lipinski definition) is 1. The van der Waals surface area contributed by atoms with E-state index in [1.807, 2.05) is 6.92 Å². The summed E-state index contributed by atoms with van der Waals surface area (Å²) in [4.78, 5) is 22.2. The second-order valence-electron chi connectivity index (χ2n) is 4.06. The van der Waals surface area contributed by atoms with Gasteiger partial charge in [0.2, 0.25) is 0 Å². The maximum atomic E-state index is 11.2. The zero-order valence-corrected chi connectivity index (χ0v) is 9.96. The highest BCUT2D eigenvalue weighted by Crippen LogP contribution is 2.36. The molecule has 5 heteroatoms. The molecule has 0 saturated carbocycles. The predicted molar refractivity (Wildman–Crippen MR) is 62.2 cm³/mol. The molecular weight excluding hydrogens is 236 g/mol. The van der Waals surface area contributed by atoms with Crippen LogP contribution in [0.3, 0.4) is 0 Å². The average molecular weight is 250 g/mol. The number of carbonyl (C=O) groups is 2. The Bertz CT molecular complexity index is 451. The number of esters is 1. The summed E-state index contributed by atoms with van der Waals surface area (Å²) in [7, 11) is 0. The molecule has 1 heterocycles. The lowest BCUT2D eigenvalue weighted by atomic mass is 9.95. The summed E-state index contributed by atoms with van der Waals surface area (Å²) in [5.74, 6) is -1.59. The fourth-order valence-electron chi connectivity index (χ4n) is 2.00. The number of rotatable bonds is 4. The van der Waals surface area contributed by atoms with E-state index in [1.165, 1.54) is 0 Å². The summed E-state index contributed by atoms with van der Waals surface area (Å²) >= 11 is 0. The van der Waals surface area contributed by atoms with Crippen LogP contribution in [0.25, 0.3) is 0 Å². The van der Waals surface area contributed by atoms with Crippen LogP contribution in [-0.2, 0) is 14.3 Å². The van der Waals surface area contributed by atoms with Crippen molar-refractivity contribution in [3.05, 3.63) is 29.8 Å². The van der Waals surface area contributed by atoms with E-state index in [1.54, 1.807) is 24.3 Å². The molecule has 2 rings (SSSR count). The third kappa shape index (κ3) is 2.45. The Morgan fingerprint density at radius 3 is 2.67 bits per heavy atom. The van der Waals surface area contributed by atoms with Crippen molar-refractivity contribution in [1.29, 1.82) is 0 Å². The number of benzene rings is 1. The van der Waals surface area contributed by atoms with Crippen LogP contribution in [0.1, 0.15) is 25.0 Å². The van der Waals surface area contributed by atoms with E-state index < -0.39 is 24.0 Å². The highest BCUT2D eigenvalue weighted by molar-refractivity contribution is 5.82. The Balaban J connectivity index is 2.19. The summed E-state index contributed by atoms with van der Waals surface area (Å²) in [5.41, 5.74) is 0.678. The number of cyclic esters (lactones) is 1. The predicted octanol–water partition coefficient (Wildman–Crippen LogP) is 1.77. The molecule has 1 fully saturated rings. The van der Waals surface area contributed by atoms with Gasteiger partial charge in [0.25, 0.3) is 0 Å². The van der Waals surface area contributed by atoms with Crippen LogP contribution in [0.4, 0.5) is 0 Å². The zero-order chi connectivity index (χ0) is 13.1. The smallest absolute Gasteiger partial charge is 0.311 e. The van der Waals surface area contributed by atoms with Crippen LogP contribution < -0.4 is 4.74 Å². The largest absolute Gasteiger partial charge is 0.494 e. The average Bonchev–Trinajstić information content (AvgIpc) is 2.73. The molecule has 1 N–H and O–H groups in total. The van der Waals surface area contributed by atoms with Crippen LogP contribution in [0, 0.1) is 5.92 Å². The SMILES string of the molecule is CCOc1ccc([C@H]2OC(=O)C[C@@H]2C(=O)O)cc1. The number of hydrogen-bond acceptors (Lipinski definition) is 4. The standard InChI is InChI=1S/C13H14O5/c1-2-17-9-5-3-8(4-6-9)12-10(13(15)16)7-11(14)18-12/h3-6,10,12H,2,7H2,1H3,(H,15,16)/t10-,12+/m0/s1. The number of carboxylic acids is 1. The second-order valence-corrected chi connectivity index (χ2v) is 4.06. The Morgan fingerprint density at radius 1 is 1.44 bits per heavy atom. The summed E-state index contributed by atoms with van der Waals surface area (Å²) in [6, 6.07) is 6.93. The first-order valence-electron chi connectivity index (χ1n) is 5.77. The third-order valence-corrected chi connectivity index (χ3v) is 2.85. The molecule has 0 radical (unpaired) electrons. The molecule has 0 aliphatic carbocycles. The highest BCUT2D eigenvalue weighted by Gasteiger charge is 2.40. The van der Waals surface area contributed by atoms with Gasteiger partial charge in [-0.15, -0.1) is 0 Å². The van der Waals surface area contributed by atoms with Gasteiger partial charge >= 0.3 is 11.9 Å². The van der Waals surface area contributed by atoms with Gasteiger partial charge in [-0.25, -0.2) is 0 Å². The van der Waals surface area contributed by atoms with Crippen molar-refractivity contribution >= 4 is 11.9 Å². The topological polar surface area (TPSA) is 72.8 Å². The maximum absolute atomic E-state index is 11.2. The van der Waals surface area contributed by atoms with E-state index in [0.717, 1.165) is 0 Å². The van der Waals surface area contributed by atoms with Gasteiger partial charge in [-0.2, -0.15) is 0 Å². The molecule has 1 aliphatic rings. The van der Waals surface area contributed by atoms with Crippen molar-refractivity contribution in [1.82, 2.24) is 0 Å². The molecule has 0 aromatic heterocycles.